The van der Waals surface area contributed by atoms with Crippen LogP contribution in [0.4, 0.5) is 0 Å². The maximum Gasteiger partial charge on any atom is 0.253 e. The third-order valence-electron chi connectivity index (χ3n) is 5.59. The second kappa shape index (κ2) is 8.39. The lowest BCUT2D eigenvalue weighted by Gasteiger charge is -2.14. The van der Waals surface area contributed by atoms with Crippen molar-refractivity contribution in [3.63, 3.8) is 0 Å². The number of aryl methyl sites for hydroxylation is 2. The van der Waals surface area contributed by atoms with Crippen LogP contribution in [0.15, 0.2) is 30.6 Å². The van der Waals surface area contributed by atoms with Gasteiger partial charge in [-0.2, -0.15) is 0 Å². The van der Waals surface area contributed by atoms with Gasteiger partial charge in [-0.05, 0) is 24.3 Å². The Morgan fingerprint density at radius 2 is 2.12 bits per heavy atom. The first-order valence-corrected chi connectivity index (χ1v) is 9.65. The minimum absolute atomic E-state index is 0.0290. The fraction of sp³-hybridized carbons (Fsp3) is 0.524. The second-order valence-corrected chi connectivity index (χ2v) is 7.37. The van der Waals surface area contributed by atoms with Gasteiger partial charge < -0.3 is 10.4 Å². The van der Waals surface area contributed by atoms with Gasteiger partial charge in [0.2, 0.25) is 5.91 Å². The van der Waals surface area contributed by atoms with Crippen LogP contribution < -0.4 is 9.88 Å². The van der Waals surface area contributed by atoms with Gasteiger partial charge in [0.05, 0.1) is 20.0 Å². The van der Waals surface area contributed by atoms with Crippen LogP contribution in [0.2, 0.25) is 0 Å². The Balaban J connectivity index is 1.49. The number of carbonyl (C=O) groups is 1. The SMILES string of the molecule is Cc1n(CCCNC(=O)Cc2cccc(C3CCCC3)c2O)cc[n+]1C. The van der Waals surface area contributed by atoms with Crippen LogP contribution in [-0.2, 0) is 24.8 Å². The summed E-state index contributed by atoms with van der Waals surface area (Å²) in [7, 11) is 2.03. The highest BCUT2D eigenvalue weighted by atomic mass is 16.3. The van der Waals surface area contributed by atoms with Crippen LogP contribution in [0, 0.1) is 6.92 Å². The molecule has 1 aliphatic rings. The lowest BCUT2D eigenvalue weighted by atomic mass is 9.94. The number of carbonyl (C=O) groups excluding carboxylic acids is 1. The average Bonchev–Trinajstić information content (AvgIpc) is 3.26. The van der Waals surface area contributed by atoms with E-state index in [9.17, 15) is 9.90 Å². The van der Waals surface area contributed by atoms with Gasteiger partial charge in [0, 0.05) is 25.5 Å². The molecule has 5 heteroatoms. The molecule has 0 unspecified atom stereocenters. The Morgan fingerprint density at radius 3 is 2.81 bits per heavy atom. The summed E-state index contributed by atoms with van der Waals surface area (Å²) < 4.78 is 4.27. The maximum absolute atomic E-state index is 12.2. The first-order chi connectivity index (χ1) is 12.6. The number of amides is 1. The molecule has 1 heterocycles. The summed E-state index contributed by atoms with van der Waals surface area (Å²) >= 11 is 0. The number of nitrogens with zero attached hydrogens (tertiary/aromatic N) is 2. The monoisotopic (exact) mass is 356 g/mol. The molecule has 140 valence electrons. The molecule has 1 aromatic heterocycles. The van der Waals surface area contributed by atoms with E-state index < -0.39 is 0 Å². The van der Waals surface area contributed by atoms with Gasteiger partial charge in [0.15, 0.2) is 0 Å². The molecule has 2 aromatic rings. The lowest BCUT2D eigenvalue weighted by Crippen LogP contribution is -2.30. The highest BCUT2D eigenvalue weighted by molar-refractivity contribution is 5.79. The van der Waals surface area contributed by atoms with Crippen LogP contribution in [0.25, 0.3) is 0 Å². The zero-order valence-corrected chi connectivity index (χ0v) is 15.9. The predicted molar refractivity (Wildman–Crippen MR) is 101 cm³/mol. The summed E-state index contributed by atoms with van der Waals surface area (Å²) in [5.41, 5.74) is 1.75. The van der Waals surface area contributed by atoms with E-state index >= 15 is 0 Å². The largest absolute Gasteiger partial charge is 0.507 e. The van der Waals surface area contributed by atoms with Gasteiger partial charge in [0.1, 0.15) is 18.1 Å². The molecule has 1 amide bonds. The molecule has 0 bridgehead atoms. The van der Waals surface area contributed by atoms with E-state index in [4.69, 9.17) is 0 Å². The Labute approximate surface area is 155 Å². The highest BCUT2D eigenvalue weighted by Gasteiger charge is 2.21. The van der Waals surface area contributed by atoms with E-state index in [0.29, 0.717) is 18.2 Å². The Kier molecular flexibility index (Phi) is 5.96. The maximum atomic E-state index is 12.2. The zero-order chi connectivity index (χ0) is 18.5. The zero-order valence-electron chi connectivity index (χ0n) is 15.9. The van der Waals surface area contributed by atoms with Crippen molar-refractivity contribution in [1.82, 2.24) is 9.88 Å². The average molecular weight is 356 g/mol. The minimum Gasteiger partial charge on any atom is -0.507 e. The number of aromatic hydroxyl groups is 1. The summed E-state index contributed by atoms with van der Waals surface area (Å²) in [5, 5.41) is 13.5. The van der Waals surface area contributed by atoms with E-state index in [1.54, 1.807) is 0 Å². The van der Waals surface area contributed by atoms with E-state index in [0.717, 1.165) is 36.9 Å². The molecule has 26 heavy (non-hydrogen) atoms. The first-order valence-electron chi connectivity index (χ1n) is 9.65. The molecular formula is C21H30N3O2+. The molecule has 0 atom stereocenters. The number of nitrogens with one attached hydrogen (secondary N) is 1. The molecule has 5 nitrogen and oxygen atoms in total. The molecule has 1 aromatic carbocycles. The fourth-order valence-corrected chi connectivity index (χ4v) is 3.87. The summed E-state index contributed by atoms with van der Waals surface area (Å²) in [5.74, 6) is 1.94. The number of imidazole rings is 1. The van der Waals surface area contributed by atoms with Crippen molar-refractivity contribution in [2.75, 3.05) is 6.54 Å². The third-order valence-corrected chi connectivity index (χ3v) is 5.59. The quantitative estimate of drug-likeness (QED) is 0.592. The van der Waals surface area contributed by atoms with Gasteiger partial charge in [-0.15, -0.1) is 0 Å². The predicted octanol–water partition coefficient (Wildman–Crippen LogP) is 2.73. The van der Waals surface area contributed by atoms with Crippen molar-refractivity contribution < 1.29 is 14.5 Å². The van der Waals surface area contributed by atoms with Gasteiger partial charge >= 0.3 is 0 Å². The smallest absolute Gasteiger partial charge is 0.253 e. The molecule has 1 fully saturated rings. The van der Waals surface area contributed by atoms with Crippen molar-refractivity contribution in [2.24, 2.45) is 7.05 Å². The van der Waals surface area contributed by atoms with Gasteiger partial charge in [-0.3, -0.25) is 4.79 Å². The third kappa shape index (κ3) is 4.26. The fourth-order valence-electron chi connectivity index (χ4n) is 3.87. The van der Waals surface area contributed by atoms with Crippen LogP contribution >= 0.6 is 0 Å². The number of hydrogen-bond acceptors (Lipinski definition) is 2. The molecule has 2 N–H and O–H groups in total. The molecule has 0 aliphatic heterocycles. The number of benzene rings is 1. The first kappa shape index (κ1) is 18.5. The number of phenolic OH excluding ortho intramolecular Hbond substituents is 1. The van der Waals surface area contributed by atoms with Gasteiger partial charge in [-0.25, -0.2) is 9.13 Å². The summed E-state index contributed by atoms with van der Waals surface area (Å²) in [6, 6.07) is 5.83. The molecule has 1 saturated carbocycles. The number of para-hydroxylation sites is 1. The van der Waals surface area contributed by atoms with Crippen molar-refractivity contribution in [1.29, 1.82) is 0 Å². The number of hydrogen-bond donors (Lipinski definition) is 2. The van der Waals surface area contributed by atoms with Crippen LogP contribution in [0.5, 0.6) is 5.75 Å². The van der Waals surface area contributed by atoms with E-state index in [1.807, 2.05) is 31.4 Å². The number of phenols is 1. The summed E-state index contributed by atoms with van der Waals surface area (Å²) in [6.45, 7) is 3.61. The standard InChI is InChI=1S/C21H29N3O2/c1-16-23(2)13-14-24(16)12-6-11-22-20(25)15-18-9-5-10-19(21(18)26)17-7-3-4-8-17/h5,9-10,13-14,17H,3-4,6-8,11-12,15H2,1-2H3,(H-,22,25,26)/p+1. The van der Waals surface area contributed by atoms with Crippen LogP contribution in [0.3, 0.4) is 0 Å². The molecule has 3 rings (SSSR count). The van der Waals surface area contributed by atoms with E-state index in [2.05, 4.69) is 27.6 Å². The lowest BCUT2D eigenvalue weighted by molar-refractivity contribution is -0.677. The van der Waals surface area contributed by atoms with Gasteiger partial charge in [-0.1, -0.05) is 31.0 Å². The molecular weight excluding hydrogens is 326 g/mol. The minimum atomic E-state index is -0.0290. The van der Waals surface area contributed by atoms with Crippen molar-refractivity contribution in [3.8, 4) is 5.75 Å². The number of aromatic nitrogens is 2. The van der Waals surface area contributed by atoms with Crippen molar-refractivity contribution in [3.05, 3.63) is 47.5 Å². The van der Waals surface area contributed by atoms with Crippen LogP contribution in [-0.4, -0.2) is 22.1 Å². The number of rotatable bonds is 7. The Bertz CT molecular complexity index is 761. The molecule has 1 aliphatic carbocycles. The Hall–Kier alpha value is -2.30. The summed E-state index contributed by atoms with van der Waals surface area (Å²) in [4.78, 5) is 12.2. The molecule has 0 spiro atoms. The highest BCUT2D eigenvalue weighted by Crippen LogP contribution is 2.39. The molecule has 0 radical (unpaired) electrons. The van der Waals surface area contributed by atoms with Crippen LogP contribution in [0.1, 0.15) is 55.0 Å². The van der Waals surface area contributed by atoms with Crippen molar-refractivity contribution in [2.45, 2.75) is 57.9 Å². The topological polar surface area (TPSA) is 58.1 Å². The second-order valence-electron chi connectivity index (χ2n) is 7.37. The molecule has 0 saturated heterocycles. The summed E-state index contributed by atoms with van der Waals surface area (Å²) in [6.07, 6.45) is 9.96. The normalized spacial score (nSPS) is 14.7. The van der Waals surface area contributed by atoms with Gasteiger partial charge in [0.25, 0.3) is 5.82 Å². The van der Waals surface area contributed by atoms with Crippen molar-refractivity contribution >= 4 is 5.91 Å². The Morgan fingerprint density at radius 1 is 1.35 bits per heavy atom. The van der Waals surface area contributed by atoms with E-state index in [1.165, 1.54) is 18.7 Å². The van der Waals surface area contributed by atoms with E-state index in [-0.39, 0.29) is 12.3 Å².